The summed E-state index contributed by atoms with van der Waals surface area (Å²) in [6, 6.07) is 12.9. The summed E-state index contributed by atoms with van der Waals surface area (Å²) in [4.78, 5) is 12.8. The fourth-order valence-corrected chi connectivity index (χ4v) is 2.53. The van der Waals surface area contributed by atoms with Gasteiger partial charge in [0.2, 0.25) is 5.78 Å². The second-order valence-corrected chi connectivity index (χ2v) is 5.40. The molecular weight excluding hydrogens is 333 g/mol. The number of hydrogen-bond acceptors (Lipinski definition) is 3. The number of rotatable bonds is 3. The molecule has 0 fully saturated rings. The van der Waals surface area contributed by atoms with Gasteiger partial charge in [0, 0.05) is 5.56 Å². The Hall–Kier alpha value is -3.09. The molecule has 7 heteroatoms. The second kappa shape index (κ2) is 6.08. The molecule has 0 aliphatic rings. The molecule has 0 atom stereocenters. The van der Waals surface area contributed by atoms with Crippen molar-refractivity contribution in [2.45, 2.75) is 13.1 Å². The molecule has 3 rings (SSSR count). The molecule has 0 aliphatic carbocycles. The molecule has 4 nitrogen and oxygen atoms in total. The van der Waals surface area contributed by atoms with E-state index in [9.17, 15) is 23.1 Å². The Morgan fingerprint density at radius 1 is 1.04 bits per heavy atom. The molecule has 0 spiro atoms. The highest BCUT2D eigenvalue weighted by Crippen LogP contribution is 2.35. The fraction of sp³-hybridized carbons (Fsp3) is 0.111. The molecule has 0 unspecified atom stereocenters. The monoisotopic (exact) mass is 346 g/mol. The van der Waals surface area contributed by atoms with Crippen LogP contribution in [0.2, 0.25) is 0 Å². The van der Waals surface area contributed by atoms with E-state index in [1.807, 2.05) is 0 Å². The third kappa shape index (κ3) is 3.00. The number of alkyl halides is 3. The van der Waals surface area contributed by atoms with Gasteiger partial charge in [0.05, 0.1) is 11.3 Å². The molecule has 0 bridgehead atoms. The number of carbonyl (C=O) groups is 1. The SMILES string of the molecule is Cc1nn(-c2ccccc2)c(C(=O)c2ccccc2C(F)(F)F)c1O. The van der Waals surface area contributed by atoms with Crippen molar-refractivity contribution in [1.29, 1.82) is 0 Å². The smallest absolute Gasteiger partial charge is 0.417 e. The number of aryl methyl sites for hydroxylation is 1. The van der Waals surface area contributed by atoms with Crippen LogP contribution in [-0.2, 0) is 6.18 Å². The summed E-state index contributed by atoms with van der Waals surface area (Å²) >= 11 is 0. The van der Waals surface area contributed by atoms with Gasteiger partial charge < -0.3 is 5.11 Å². The number of carbonyl (C=O) groups excluding carboxylic acids is 1. The van der Waals surface area contributed by atoms with Gasteiger partial charge in [-0.2, -0.15) is 18.3 Å². The first-order valence-electron chi connectivity index (χ1n) is 7.35. The maximum absolute atomic E-state index is 13.2. The van der Waals surface area contributed by atoms with Crippen molar-refractivity contribution in [3.63, 3.8) is 0 Å². The van der Waals surface area contributed by atoms with Gasteiger partial charge in [-0.25, -0.2) is 4.68 Å². The number of nitrogens with zero attached hydrogens (tertiary/aromatic N) is 2. The van der Waals surface area contributed by atoms with E-state index in [0.29, 0.717) is 5.69 Å². The maximum atomic E-state index is 13.2. The van der Waals surface area contributed by atoms with Crippen molar-refractivity contribution >= 4 is 5.78 Å². The number of ketones is 1. The van der Waals surface area contributed by atoms with E-state index in [0.717, 1.165) is 16.8 Å². The Morgan fingerprint density at radius 2 is 1.64 bits per heavy atom. The second-order valence-electron chi connectivity index (χ2n) is 5.40. The van der Waals surface area contributed by atoms with E-state index in [-0.39, 0.29) is 11.4 Å². The van der Waals surface area contributed by atoms with Gasteiger partial charge in [-0.3, -0.25) is 4.79 Å². The standard InChI is InChI=1S/C18H13F3N2O2/c1-11-16(24)15(23(22-11)12-7-3-2-4-8-12)17(25)13-9-5-6-10-14(13)18(19,20)21/h2-10,24H,1H3. The molecule has 0 saturated carbocycles. The lowest BCUT2D eigenvalue weighted by Crippen LogP contribution is -2.16. The summed E-state index contributed by atoms with van der Waals surface area (Å²) in [6.45, 7) is 1.47. The van der Waals surface area contributed by atoms with Gasteiger partial charge in [0.25, 0.3) is 0 Å². The summed E-state index contributed by atoms with van der Waals surface area (Å²) in [6.07, 6.45) is -4.69. The summed E-state index contributed by atoms with van der Waals surface area (Å²) < 4.78 is 40.8. The zero-order valence-electron chi connectivity index (χ0n) is 13.1. The van der Waals surface area contributed by atoms with Crippen LogP contribution in [0, 0.1) is 6.92 Å². The predicted molar refractivity (Wildman–Crippen MR) is 84.8 cm³/mol. The molecule has 0 radical (unpaired) electrons. The Kier molecular flexibility index (Phi) is 4.08. The number of para-hydroxylation sites is 1. The third-order valence-corrected chi connectivity index (χ3v) is 3.72. The van der Waals surface area contributed by atoms with Gasteiger partial charge in [-0.1, -0.05) is 36.4 Å². The van der Waals surface area contributed by atoms with Crippen LogP contribution in [0.5, 0.6) is 5.75 Å². The van der Waals surface area contributed by atoms with Crippen LogP contribution in [0.3, 0.4) is 0 Å². The Bertz CT molecular complexity index is 931. The lowest BCUT2D eigenvalue weighted by Gasteiger charge is -2.13. The number of aromatic hydroxyl groups is 1. The van der Waals surface area contributed by atoms with Gasteiger partial charge in [-0.15, -0.1) is 0 Å². The third-order valence-electron chi connectivity index (χ3n) is 3.72. The molecular formula is C18H13F3N2O2. The summed E-state index contributed by atoms with van der Waals surface area (Å²) in [5.41, 5.74) is -1.30. The first-order valence-corrected chi connectivity index (χ1v) is 7.35. The van der Waals surface area contributed by atoms with Crippen molar-refractivity contribution in [1.82, 2.24) is 9.78 Å². The highest BCUT2D eigenvalue weighted by molar-refractivity contribution is 6.11. The highest BCUT2D eigenvalue weighted by Gasteiger charge is 2.36. The van der Waals surface area contributed by atoms with Crippen LogP contribution < -0.4 is 0 Å². The van der Waals surface area contributed by atoms with Gasteiger partial charge in [0.15, 0.2) is 11.4 Å². The van der Waals surface area contributed by atoms with Gasteiger partial charge in [-0.05, 0) is 25.1 Å². The zero-order chi connectivity index (χ0) is 18.2. The number of benzene rings is 2. The van der Waals surface area contributed by atoms with Crippen LogP contribution in [-0.4, -0.2) is 20.7 Å². The lowest BCUT2D eigenvalue weighted by atomic mass is 10.0. The van der Waals surface area contributed by atoms with E-state index >= 15 is 0 Å². The summed E-state index contributed by atoms with van der Waals surface area (Å²) in [7, 11) is 0. The molecule has 3 aromatic rings. The van der Waals surface area contributed by atoms with Crippen molar-refractivity contribution in [3.8, 4) is 11.4 Å². The minimum absolute atomic E-state index is 0.150. The quantitative estimate of drug-likeness (QED) is 0.725. The van der Waals surface area contributed by atoms with Gasteiger partial charge >= 0.3 is 6.18 Å². The minimum atomic E-state index is -4.69. The fourth-order valence-electron chi connectivity index (χ4n) is 2.53. The van der Waals surface area contributed by atoms with E-state index in [2.05, 4.69) is 5.10 Å². The number of halogens is 3. The van der Waals surface area contributed by atoms with Crippen molar-refractivity contribution in [3.05, 3.63) is 77.1 Å². The van der Waals surface area contributed by atoms with E-state index in [4.69, 9.17) is 0 Å². The van der Waals surface area contributed by atoms with E-state index in [1.54, 1.807) is 30.3 Å². The molecule has 2 aromatic carbocycles. The maximum Gasteiger partial charge on any atom is 0.417 e. The zero-order valence-corrected chi connectivity index (χ0v) is 13.1. The molecule has 25 heavy (non-hydrogen) atoms. The predicted octanol–water partition coefficient (Wildman–Crippen LogP) is 4.14. The van der Waals surface area contributed by atoms with E-state index < -0.39 is 28.8 Å². The van der Waals surface area contributed by atoms with E-state index in [1.165, 1.54) is 19.1 Å². The highest BCUT2D eigenvalue weighted by atomic mass is 19.4. The van der Waals surface area contributed by atoms with Gasteiger partial charge in [0.1, 0.15) is 5.69 Å². The number of hydrogen-bond donors (Lipinski definition) is 1. The Labute approximate surface area is 141 Å². The largest absolute Gasteiger partial charge is 0.504 e. The Morgan fingerprint density at radius 3 is 2.28 bits per heavy atom. The van der Waals surface area contributed by atoms with Crippen molar-refractivity contribution < 1.29 is 23.1 Å². The van der Waals surface area contributed by atoms with Crippen LogP contribution in [0.4, 0.5) is 13.2 Å². The number of aromatic nitrogens is 2. The molecule has 128 valence electrons. The van der Waals surface area contributed by atoms with Crippen molar-refractivity contribution in [2.75, 3.05) is 0 Å². The summed E-state index contributed by atoms with van der Waals surface area (Å²) in [5.74, 6) is -1.39. The first-order chi connectivity index (χ1) is 11.8. The molecule has 0 amide bonds. The van der Waals surface area contributed by atoms with Crippen molar-refractivity contribution in [2.24, 2.45) is 0 Å². The molecule has 0 aliphatic heterocycles. The molecule has 0 saturated heterocycles. The average Bonchev–Trinajstić information content (AvgIpc) is 2.89. The first kappa shape index (κ1) is 16.8. The molecule has 1 aromatic heterocycles. The minimum Gasteiger partial charge on any atom is -0.504 e. The molecule has 1 N–H and O–H groups in total. The summed E-state index contributed by atoms with van der Waals surface area (Å²) in [5, 5.41) is 14.3. The van der Waals surface area contributed by atoms with Crippen LogP contribution in [0.1, 0.15) is 27.3 Å². The normalized spacial score (nSPS) is 11.5. The van der Waals surface area contributed by atoms with Crippen LogP contribution in [0.25, 0.3) is 5.69 Å². The van der Waals surface area contributed by atoms with Crippen LogP contribution >= 0.6 is 0 Å². The topological polar surface area (TPSA) is 55.1 Å². The average molecular weight is 346 g/mol. The Balaban J connectivity index is 2.21. The lowest BCUT2D eigenvalue weighted by molar-refractivity contribution is -0.137. The molecule has 1 heterocycles. The van der Waals surface area contributed by atoms with Crippen LogP contribution in [0.15, 0.2) is 54.6 Å².